The van der Waals surface area contributed by atoms with Gasteiger partial charge in [-0.15, -0.1) is 0 Å². The summed E-state index contributed by atoms with van der Waals surface area (Å²) in [6.45, 7) is 1.62. The number of carboxylic acids is 1. The van der Waals surface area contributed by atoms with Crippen LogP contribution in [0.15, 0.2) is 48.5 Å². The zero-order valence-corrected chi connectivity index (χ0v) is 12.0. The van der Waals surface area contributed by atoms with Gasteiger partial charge in [-0.1, -0.05) is 30.3 Å². The van der Waals surface area contributed by atoms with E-state index in [1.165, 1.54) is 6.07 Å². The largest absolute Gasteiger partial charge is 0.481 e. The number of anilines is 1. The maximum atomic E-state index is 13.7. The van der Waals surface area contributed by atoms with E-state index in [1.54, 1.807) is 49.4 Å². The van der Waals surface area contributed by atoms with Crippen molar-refractivity contribution in [1.82, 2.24) is 0 Å². The van der Waals surface area contributed by atoms with Crippen LogP contribution in [0, 0.1) is 5.82 Å². The van der Waals surface area contributed by atoms with Crippen molar-refractivity contribution in [2.45, 2.75) is 19.3 Å². The molecule has 0 aromatic heterocycles. The van der Waals surface area contributed by atoms with Gasteiger partial charge in [0.15, 0.2) is 0 Å². The monoisotopic (exact) mass is 301 g/mol. The molecule has 0 saturated heterocycles. The van der Waals surface area contributed by atoms with Crippen LogP contribution in [0.1, 0.15) is 24.0 Å². The van der Waals surface area contributed by atoms with Crippen LogP contribution < -0.4 is 5.32 Å². The first kappa shape index (κ1) is 15.7. The summed E-state index contributed by atoms with van der Waals surface area (Å²) < 4.78 is 13.7. The zero-order chi connectivity index (χ0) is 16.1. The van der Waals surface area contributed by atoms with Crippen molar-refractivity contribution in [1.29, 1.82) is 0 Å². The Bertz CT molecular complexity index is 700. The SMILES string of the molecule is CC(C(=O)Nc1cccc(CC(=O)O)c1)c1ccccc1F. The van der Waals surface area contributed by atoms with Gasteiger partial charge < -0.3 is 10.4 Å². The Kier molecular flexibility index (Phi) is 4.88. The third-order valence-electron chi connectivity index (χ3n) is 3.31. The second-order valence-corrected chi connectivity index (χ2v) is 5.00. The Morgan fingerprint density at radius 3 is 2.59 bits per heavy atom. The number of hydrogen-bond donors (Lipinski definition) is 2. The first-order valence-electron chi connectivity index (χ1n) is 6.83. The third kappa shape index (κ3) is 3.91. The summed E-state index contributed by atoms with van der Waals surface area (Å²) in [4.78, 5) is 22.9. The average Bonchev–Trinajstić information content (AvgIpc) is 2.46. The highest BCUT2D eigenvalue weighted by atomic mass is 19.1. The molecule has 2 aromatic carbocycles. The predicted molar refractivity (Wildman–Crippen MR) is 81.2 cm³/mol. The fourth-order valence-corrected chi connectivity index (χ4v) is 2.15. The van der Waals surface area contributed by atoms with Crippen molar-refractivity contribution in [2.24, 2.45) is 0 Å². The molecule has 2 aromatic rings. The topological polar surface area (TPSA) is 66.4 Å². The second kappa shape index (κ2) is 6.85. The lowest BCUT2D eigenvalue weighted by molar-refractivity contribution is -0.136. The Morgan fingerprint density at radius 2 is 1.91 bits per heavy atom. The van der Waals surface area contributed by atoms with Gasteiger partial charge in [-0.25, -0.2) is 4.39 Å². The van der Waals surface area contributed by atoms with Crippen LogP contribution in [-0.4, -0.2) is 17.0 Å². The lowest BCUT2D eigenvalue weighted by Gasteiger charge is -2.13. The molecule has 1 amide bonds. The highest BCUT2D eigenvalue weighted by molar-refractivity contribution is 5.95. The first-order chi connectivity index (χ1) is 10.5. The predicted octanol–water partition coefficient (Wildman–Crippen LogP) is 3.20. The summed E-state index contributed by atoms with van der Waals surface area (Å²) >= 11 is 0. The van der Waals surface area contributed by atoms with E-state index < -0.39 is 17.7 Å². The van der Waals surface area contributed by atoms with E-state index in [0.717, 1.165) is 0 Å². The number of nitrogens with one attached hydrogen (secondary N) is 1. The van der Waals surface area contributed by atoms with Gasteiger partial charge >= 0.3 is 5.97 Å². The van der Waals surface area contributed by atoms with Crippen LogP contribution in [0.5, 0.6) is 0 Å². The van der Waals surface area contributed by atoms with Gasteiger partial charge in [0.25, 0.3) is 0 Å². The van der Waals surface area contributed by atoms with E-state index in [9.17, 15) is 14.0 Å². The molecule has 0 fully saturated rings. The Hall–Kier alpha value is -2.69. The highest BCUT2D eigenvalue weighted by Crippen LogP contribution is 2.21. The van der Waals surface area contributed by atoms with Gasteiger partial charge in [0.05, 0.1) is 12.3 Å². The summed E-state index contributed by atoms with van der Waals surface area (Å²) in [6, 6.07) is 12.7. The number of aliphatic carboxylic acids is 1. The normalized spacial score (nSPS) is 11.7. The number of halogens is 1. The molecule has 22 heavy (non-hydrogen) atoms. The summed E-state index contributed by atoms with van der Waals surface area (Å²) in [7, 11) is 0. The van der Waals surface area contributed by atoms with Crippen molar-refractivity contribution < 1.29 is 19.1 Å². The molecule has 4 nitrogen and oxygen atoms in total. The van der Waals surface area contributed by atoms with Gasteiger partial charge in [-0.3, -0.25) is 9.59 Å². The van der Waals surface area contributed by atoms with Crippen molar-refractivity contribution in [3.8, 4) is 0 Å². The standard InChI is InChI=1S/C17H16FNO3/c1-11(14-7-2-3-8-15(14)18)17(22)19-13-6-4-5-12(9-13)10-16(20)21/h2-9,11H,10H2,1H3,(H,19,22)(H,20,21). The van der Waals surface area contributed by atoms with Crippen LogP contribution in [0.2, 0.25) is 0 Å². The Labute approximate surface area is 127 Å². The summed E-state index contributed by atoms with van der Waals surface area (Å²) in [5, 5.41) is 11.5. The van der Waals surface area contributed by atoms with E-state index in [1.807, 2.05) is 0 Å². The molecule has 0 spiro atoms. The summed E-state index contributed by atoms with van der Waals surface area (Å²) in [5.74, 6) is -2.37. The summed E-state index contributed by atoms with van der Waals surface area (Å²) in [5.41, 5.74) is 1.40. The maximum Gasteiger partial charge on any atom is 0.307 e. The molecular formula is C17H16FNO3. The molecule has 1 unspecified atom stereocenters. The number of benzene rings is 2. The molecule has 2 N–H and O–H groups in total. The van der Waals surface area contributed by atoms with Gasteiger partial charge in [-0.2, -0.15) is 0 Å². The number of rotatable bonds is 5. The molecular weight excluding hydrogens is 285 g/mol. The maximum absolute atomic E-state index is 13.7. The summed E-state index contributed by atoms with van der Waals surface area (Å²) in [6.07, 6.45) is -0.118. The molecule has 0 aliphatic heterocycles. The minimum atomic E-state index is -0.941. The smallest absolute Gasteiger partial charge is 0.307 e. The van der Waals surface area contributed by atoms with Crippen molar-refractivity contribution in [3.05, 3.63) is 65.5 Å². The van der Waals surface area contributed by atoms with Crippen LogP contribution in [-0.2, 0) is 16.0 Å². The van der Waals surface area contributed by atoms with Crippen LogP contribution in [0.3, 0.4) is 0 Å². The van der Waals surface area contributed by atoms with Crippen LogP contribution in [0.4, 0.5) is 10.1 Å². The quantitative estimate of drug-likeness (QED) is 0.891. The molecule has 0 aliphatic rings. The lowest BCUT2D eigenvalue weighted by Crippen LogP contribution is -2.19. The number of carbonyl (C=O) groups excluding carboxylic acids is 1. The van der Waals surface area contributed by atoms with Crippen molar-refractivity contribution in [2.75, 3.05) is 5.32 Å². The van der Waals surface area contributed by atoms with Gasteiger partial charge in [0, 0.05) is 5.69 Å². The van der Waals surface area contributed by atoms with E-state index in [2.05, 4.69) is 5.32 Å². The number of carboxylic acid groups (broad SMARTS) is 1. The van der Waals surface area contributed by atoms with Gasteiger partial charge in [0.1, 0.15) is 5.82 Å². The zero-order valence-electron chi connectivity index (χ0n) is 12.0. The number of carbonyl (C=O) groups is 2. The van der Waals surface area contributed by atoms with E-state index in [0.29, 0.717) is 16.8 Å². The van der Waals surface area contributed by atoms with E-state index in [-0.39, 0.29) is 12.3 Å². The number of amides is 1. The molecule has 0 bridgehead atoms. The van der Waals surface area contributed by atoms with E-state index in [4.69, 9.17) is 5.11 Å². The van der Waals surface area contributed by atoms with Crippen molar-refractivity contribution in [3.63, 3.8) is 0 Å². The molecule has 0 radical (unpaired) electrons. The van der Waals surface area contributed by atoms with Gasteiger partial charge in [-0.05, 0) is 36.2 Å². The van der Waals surface area contributed by atoms with Crippen LogP contribution in [0.25, 0.3) is 0 Å². The molecule has 0 heterocycles. The fourth-order valence-electron chi connectivity index (χ4n) is 2.15. The highest BCUT2D eigenvalue weighted by Gasteiger charge is 2.18. The average molecular weight is 301 g/mol. The minimum Gasteiger partial charge on any atom is -0.481 e. The lowest BCUT2D eigenvalue weighted by atomic mass is 9.99. The van der Waals surface area contributed by atoms with Crippen molar-refractivity contribution >= 4 is 17.6 Å². The first-order valence-corrected chi connectivity index (χ1v) is 6.83. The third-order valence-corrected chi connectivity index (χ3v) is 3.31. The molecule has 1 atom stereocenters. The second-order valence-electron chi connectivity index (χ2n) is 5.00. The molecule has 2 rings (SSSR count). The molecule has 5 heteroatoms. The van der Waals surface area contributed by atoms with Crippen LogP contribution >= 0.6 is 0 Å². The Morgan fingerprint density at radius 1 is 1.18 bits per heavy atom. The fraction of sp³-hybridized carbons (Fsp3) is 0.176. The number of hydrogen-bond acceptors (Lipinski definition) is 2. The van der Waals surface area contributed by atoms with E-state index >= 15 is 0 Å². The van der Waals surface area contributed by atoms with Gasteiger partial charge in [0.2, 0.25) is 5.91 Å². The minimum absolute atomic E-state index is 0.118. The Balaban J connectivity index is 2.12. The molecule has 114 valence electrons. The molecule has 0 saturated carbocycles. The molecule has 0 aliphatic carbocycles.